The van der Waals surface area contributed by atoms with Crippen molar-refractivity contribution in [3.63, 3.8) is 0 Å². The molecular weight excluding hydrogens is 352 g/mol. The smallest absolute Gasteiger partial charge is 0.157 e. The van der Waals surface area contributed by atoms with Crippen LogP contribution in [-0.2, 0) is 11.0 Å². The minimum atomic E-state index is -1.33. The van der Waals surface area contributed by atoms with Crippen molar-refractivity contribution in [3.05, 3.63) is 66.4 Å². The molecule has 0 saturated heterocycles. The summed E-state index contributed by atoms with van der Waals surface area (Å²) in [6.45, 7) is 14.8. The summed E-state index contributed by atoms with van der Waals surface area (Å²) in [7, 11) is -1.33. The lowest BCUT2D eigenvalue weighted by Crippen LogP contribution is -2.28. The van der Waals surface area contributed by atoms with Gasteiger partial charge in [0.2, 0.25) is 0 Å². The van der Waals surface area contributed by atoms with Gasteiger partial charge in [-0.25, -0.2) is 4.21 Å². The monoisotopic (exact) mass is 384 g/mol. The molecule has 1 unspecified atom stereocenters. The number of hydrogen-bond acceptors (Lipinski definition) is 2. The van der Waals surface area contributed by atoms with Crippen molar-refractivity contribution in [2.45, 2.75) is 51.9 Å². The minimum Gasteiger partial charge on any atom is -0.371 e. The van der Waals surface area contributed by atoms with E-state index in [1.165, 1.54) is 5.69 Å². The Labute approximate surface area is 167 Å². The number of rotatable bonds is 10. The third-order valence-corrected chi connectivity index (χ3v) is 6.09. The molecule has 27 heavy (non-hydrogen) atoms. The maximum atomic E-state index is 13.4. The van der Waals surface area contributed by atoms with Gasteiger partial charge in [0.05, 0.1) is 10.6 Å². The summed E-state index contributed by atoms with van der Waals surface area (Å²) in [5, 5.41) is 0. The molecule has 0 bridgehead atoms. The van der Waals surface area contributed by atoms with E-state index >= 15 is 0 Å². The average molecular weight is 385 g/mol. The second-order valence-electron chi connectivity index (χ2n) is 6.68. The van der Waals surface area contributed by atoms with E-state index in [1.54, 1.807) is 0 Å². The van der Waals surface area contributed by atoms with E-state index < -0.39 is 11.0 Å². The Morgan fingerprint density at radius 3 is 2.07 bits per heavy atom. The van der Waals surface area contributed by atoms with Crippen molar-refractivity contribution < 1.29 is 4.21 Å². The van der Waals surface area contributed by atoms with Crippen molar-refractivity contribution in [3.8, 4) is 0 Å². The highest BCUT2D eigenvalue weighted by Gasteiger charge is 2.22. The van der Waals surface area contributed by atoms with Crippen molar-refractivity contribution in [2.75, 3.05) is 22.3 Å². The zero-order chi connectivity index (χ0) is 19.8. The van der Waals surface area contributed by atoms with E-state index in [1.807, 2.05) is 34.6 Å². The first-order valence-electron chi connectivity index (χ1n) is 9.84. The highest BCUT2D eigenvalue weighted by Crippen LogP contribution is 2.34. The van der Waals surface area contributed by atoms with E-state index in [2.05, 4.69) is 57.4 Å². The van der Waals surface area contributed by atoms with Crippen LogP contribution in [0.5, 0.6) is 0 Å². The lowest BCUT2D eigenvalue weighted by Gasteiger charge is -2.31. The zero-order valence-corrected chi connectivity index (χ0v) is 17.9. The van der Waals surface area contributed by atoms with Gasteiger partial charge in [-0.2, -0.15) is 0 Å². The summed E-state index contributed by atoms with van der Waals surface area (Å²) in [4.78, 5) is 3.22. The van der Waals surface area contributed by atoms with Crippen molar-refractivity contribution in [1.29, 1.82) is 0 Å². The number of benzene rings is 2. The molecule has 3 nitrogen and oxygen atoms in total. The minimum absolute atomic E-state index is 0.746. The van der Waals surface area contributed by atoms with Crippen LogP contribution in [0.4, 0.5) is 11.4 Å². The largest absolute Gasteiger partial charge is 0.371 e. The van der Waals surface area contributed by atoms with Crippen LogP contribution < -0.4 is 9.21 Å². The Hall–Kier alpha value is -2.07. The first-order valence-corrected chi connectivity index (χ1v) is 10.9. The Balaban J connectivity index is 2.52. The molecule has 2 aromatic rings. The van der Waals surface area contributed by atoms with Gasteiger partial charge >= 0.3 is 0 Å². The fourth-order valence-electron chi connectivity index (χ4n) is 3.23. The molecule has 0 fully saturated rings. The molecule has 0 aromatic heterocycles. The molecule has 0 N–H and O–H groups in total. The molecule has 0 aliphatic rings. The molecule has 0 saturated carbocycles. The molecule has 146 valence electrons. The first kappa shape index (κ1) is 21.2. The predicted octanol–water partition coefficient (Wildman–Crippen LogP) is 6.07. The number of anilines is 2. The van der Waals surface area contributed by atoms with Crippen LogP contribution in [0.2, 0.25) is 0 Å². The maximum Gasteiger partial charge on any atom is 0.157 e. The predicted molar refractivity (Wildman–Crippen MR) is 119 cm³/mol. The highest BCUT2D eigenvalue weighted by molar-refractivity contribution is 7.86. The normalized spacial score (nSPS) is 11.9. The Kier molecular flexibility index (Phi) is 8.11. The van der Waals surface area contributed by atoms with Gasteiger partial charge in [0.1, 0.15) is 0 Å². The number of hydrogen-bond donors (Lipinski definition) is 0. The van der Waals surface area contributed by atoms with E-state index in [0.29, 0.717) is 0 Å². The van der Waals surface area contributed by atoms with Gasteiger partial charge in [-0.3, -0.25) is 4.31 Å². The summed E-state index contributed by atoms with van der Waals surface area (Å²) in [5.41, 5.74) is 4.20. The molecule has 0 spiro atoms. The highest BCUT2D eigenvalue weighted by atomic mass is 32.2. The lowest BCUT2D eigenvalue weighted by atomic mass is 10.1. The number of allylic oxidation sites excluding steroid dienone is 1. The van der Waals surface area contributed by atoms with E-state index in [-0.39, 0.29) is 0 Å². The van der Waals surface area contributed by atoms with Crippen LogP contribution in [0.3, 0.4) is 0 Å². The molecular formula is C23H32N2OS. The first-order chi connectivity index (χ1) is 13.0. The molecule has 2 rings (SSSR count). The van der Waals surface area contributed by atoms with Gasteiger partial charge in [0.25, 0.3) is 0 Å². The molecule has 2 aromatic carbocycles. The molecule has 0 radical (unpaired) electrons. The van der Waals surface area contributed by atoms with Gasteiger partial charge in [0, 0.05) is 24.5 Å². The van der Waals surface area contributed by atoms with Crippen LogP contribution in [-0.4, -0.2) is 17.3 Å². The quantitative estimate of drug-likeness (QED) is 0.496. The van der Waals surface area contributed by atoms with Crippen molar-refractivity contribution in [1.82, 2.24) is 0 Å². The van der Waals surface area contributed by atoms with Crippen LogP contribution in [0.25, 0.3) is 0 Å². The Bertz CT molecular complexity index is 767. The van der Waals surface area contributed by atoms with Crippen LogP contribution in [0, 0.1) is 6.92 Å². The molecule has 0 heterocycles. The fraction of sp³-hybridized carbons (Fsp3) is 0.391. The lowest BCUT2D eigenvalue weighted by molar-refractivity contribution is 0.681. The van der Waals surface area contributed by atoms with Crippen LogP contribution >= 0.6 is 0 Å². The van der Waals surface area contributed by atoms with Crippen LogP contribution in [0.1, 0.15) is 45.6 Å². The molecule has 0 amide bonds. The SMILES string of the molecule is C=C(CC)N(c1cccc(N(CCC)CCC)c1C)S(=O)c1ccccc1. The van der Waals surface area contributed by atoms with Crippen molar-refractivity contribution in [2.24, 2.45) is 0 Å². The summed E-state index contributed by atoms with van der Waals surface area (Å²) < 4.78 is 15.3. The summed E-state index contributed by atoms with van der Waals surface area (Å²) in [6, 6.07) is 15.9. The summed E-state index contributed by atoms with van der Waals surface area (Å²) >= 11 is 0. The Morgan fingerprint density at radius 2 is 1.52 bits per heavy atom. The third kappa shape index (κ3) is 5.01. The summed E-state index contributed by atoms with van der Waals surface area (Å²) in [5.74, 6) is 0. The van der Waals surface area contributed by atoms with Crippen molar-refractivity contribution >= 4 is 22.4 Å². The van der Waals surface area contributed by atoms with Gasteiger partial charge in [0.15, 0.2) is 11.0 Å². The average Bonchev–Trinajstić information content (AvgIpc) is 2.69. The Morgan fingerprint density at radius 1 is 0.926 bits per heavy atom. The molecule has 4 heteroatoms. The second-order valence-corrected chi connectivity index (χ2v) is 8.02. The molecule has 1 atom stereocenters. The van der Waals surface area contributed by atoms with E-state index in [4.69, 9.17) is 0 Å². The standard InChI is InChI=1S/C23H32N2OS/c1-6-17-24(18-7-2)22-15-12-16-23(20(22)5)25(19(4)8-3)27(26)21-13-10-9-11-14-21/h9-16H,4,6-8,17-18H2,1-3,5H3. The van der Waals surface area contributed by atoms with Gasteiger partial charge < -0.3 is 4.90 Å². The van der Waals surface area contributed by atoms with E-state index in [9.17, 15) is 4.21 Å². The fourth-order valence-corrected chi connectivity index (χ4v) is 4.57. The van der Waals surface area contributed by atoms with Gasteiger partial charge in [-0.15, -0.1) is 0 Å². The van der Waals surface area contributed by atoms with Crippen LogP contribution in [0.15, 0.2) is 65.7 Å². The molecule has 0 aliphatic heterocycles. The number of nitrogens with zero attached hydrogens (tertiary/aromatic N) is 2. The third-order valence-electron chi connectivity index (χ3n) is 4.63. The van der Waals surface area contributed by atoms with Gasteiger partial charge in [-0.05, 0) is 56.0 Å². The summed E-state index contributed by atoms with van der Waals surface area (Å²) in [6.07, 6.45) is 2.95. The second kappa shape index (κ2) is 10.3. The maximum absolute atomic E-state index is 13.4. The topological polar surface area (TPSA) is 23.6 Å². The van der Waals surface area contributed by atoms with Gasteiger partial charge in [-0.1, -0.05) is 51.6 Å². The molecule has 0 aliphatic carbocycles. The zero-order valence-electron chi connectivity index (χ0n) is 17.1. The van der Waals surface area contributed by atoms with E-state index in [0.717, 1.165) is 54.2 Å².